The number of nitro benzene ring substituents is 1. The number of carbonyl (C=O) groups excluding carboxylic acids is 1. The van der Waals surface area contributed by atoms with Gasteiger partial charge in [-0.1, -0.05) is 12.1 Å². The van der Waals surface area contributed by atoms with Crippen molar-refractivity contribution in [1.29, 1.82) is 0 Å². The molecule has 1 amide bonds. The van der Waals surface area contributed by atoms with E-state index in [0.717, 1.165) is 0 Å². The fraction of sp³-hybridized carbons (Fsp3) is 0.150. The largest absolute Gasteiger partial charge is 0.506 e. The van der Waals surface area contributed by atoms with Crippen molar-refractivity contribution in [3.8, 4) is 5.75 Å². The number of hydrogen-bond donors (Lipinski definition) is 2. The zero-order valence-electron chi connectivity index (χ0n) is 15.7. The van der Waals surface area contributed by atoms with Crippen LogP contribution in [0.15, 0.2) is 58.4 Å². The van der Waals surface area contributed by atoms with Crippen LogP contribution < -0.4 is 11.0 Å². The summed E-state index contributed by atoms with van der Waals surface area (Å²) in [6.45, 7) is 3.72. The molecule has 0 aliphatic heterocycles. The van der Waals surface area contributed by atoms with Gasteiger partial charge in [-0.3, -0.25) is 19.7 Å². The molecule has 0 spiro atoms. The fourth-order valence-corrected chi connectivity index (χ4v) is 3.02. The third kappa shape index (κ3) is 3.70. The minimum Gasteiger partial charge on any atom is -0.506 e. The second kappa shape index (κ2) is 7.93. The monoisotopic (exact) mass is 394 g/mol. The Morgan fingerprint density at radius 3 is 2.48 bits per heavy atom. The number of hydrazone groups is 1. The summed E-state index contributed by atoms with van der Waals surface area (Å²) in [6, 6.07) is 12.0. The molecule has 0 aliphatic carbocycles. The summed E-state index contributed by atoms with van der Waals surface area (Å²) in [5.74, 6) is -0.809. The molecule has 0 saturated heterocycles. The number of para-hydroxylation sites is 1. The van der Waals surface area contributed by atoms with E-state index < -0.39 is 16.4 Å². The molecule has 0 bridgehead atoms. The Balaban J connectivity index is 1.95. The Bertz CT molecular complexity index is 1200. The average molecular weight is 394 g/mol. The Hall–Kier alpha value is -4.01. The van der Waals surface area contributed by atoms with Crippen molar-refractivity contribution >= 4 is 28.2 Å². The zero-order chi connectivity index (χ0) is 21.1. The lowest BCUT2D eigenvalue weighted by Crippen LogP contribution is -2.27. The van der Waals surface area contributed by atoms with Gasteiger partial charge in [0.1, 0.15) is 11.3 Å². The van der Waals surface area contributed by atoms with Gasteiger partial charge in [0, 0.05) is 29.6 Å². The fourth-order valence-electron chi connectivity index (χ4n) is 3.02. The number of fused-ring (bicyclic) bond motifs is 1. The van der Waals surface area contributed by atoms with Crippen molar-refractivity contribution in [2.75, 3.05) is 0 Å². The second-order valence-electron chi connectivity index (χ2n) is 6.23. The van der Waals surface area contributed by atoms with Crippen molar-refractivity contribution < 1.29 is 14.8 Å². The van der Waals surface area contributed by atoms with Crippen molar-refractivity contribution in [3.63, 3.8) is 0 Å². The number of nitrogens with zero attached hydrogens (tertiary/aromatic N) is 3. The smallest absolute Gasteiger partial charge is 0.271 e. The van der Waals surface area contributed by atoms with E-state index in [-0.39, 0.29) is 28.3 Å². The predicted molar refractivity (Wildman–Crippen MR) is 108 cm³/mol. The molecule has 148 valence electrons. The Morgan fingerprint density at radius 2 is 1.86 bits per heavy atom. The van der Waals surface area contributed by atoms with Crippen LogP contribution in [0, 0.1) is 10.1 Å². The number of pyridine rings is 1. The van der Waals surface area contributed by atoms with E-state index in [9.17, 15) is 24.8 Å². The molecule has 9 heteroatoms. The molecule has 2 N–H and O–H groups in total. The number of nitrogens with one attached hydrogen (secondary N) is 1. The summed E-state index contributed by atoms with van der Waals surface area (Å²) >= 11 is 0. The number of rotatable bonds is 5. The number of benzene rings is 2. The van der Waals surface area contributed by atoms with Crippen molar-refractivity contribution in [2.45, 2.75) is 20.4 Å². The molecular weight excluding hydrogens is 376 g/mol. The van der Waals surface area contributed by atoms with Gasteiger partial charge in [0.15, 0.2) is 0 Å². The first-order valence-electron chi connectivity index (χ1n) is 8.79. The van der Waals surface area contributed by atoms with Crippen molar-refractivity contribution in [3.05, 3.63) is 80.1 Å². The minimum atomic E-state index is -0.602. The van der Waals surface area contributed by atoms with E-state index in [1.807, 2.05) is 6.92 Å². The number of aryl methyl sites for hydroxylation is 1. The van der Waals surface area contributed by atoms with Gasteiger partial charge in [-0.05, 0) is 38.1 Å². The van der Waals surface area contributed by atoms with Crippen LogP contribution in [0.4, 0.5) is 5.69 Å². The van der Waals surface area contributed by atoms with E-state index in [1.165, 1.54) is 35.8 Å². The lowest BCUT2D eigenvalue weighted by molar-refractivity contribution is -0.384. The third-order valence-corrected chi connectivity index (χ3v) is 4.49. The van der Waals surface area contributed by atoms with E-state index in [4.69, 9.17) is 0 Å². The minimum absolute atomic E-state index is 0.00505. The topological polar surface area (TPSA) is 127 Å². The zero-order valence-corrected chi connectivity index (χ0v) is 15.7. The molecule has 0 unspecified atom stereocenters. The van der Waals surface area contributed by atoms with Gasteiger partial charge in [0.25, 0.3) is 17.2 Å². The van der Waals surface area contributed by atoms with Gasteiger partial charge in [0.2, 0.25) is 0 Å². The number of amides is 1. The Morgan fingerprint density at radius 1 is 1.21 bits per heavy atom. The molecule has 0 aliphatic rings. The highest BCUT2D eigenvalue weighted by molar-refractivity contribution is 6.06. The predicted octanol–water partition coefficient (Wildman–Crippen LogP) is 2.79. The average Bonchev–Trinajstić information content (AvgIpc) is 2.72. The number of nitro groups is 1. The normalized spacial score (nSPS) is 11.4. The number of aromatic hydroxyl groups is 1. The molecule has 0 fully saturated rings. The van der Waals surface area contributed by atoms with Gasteiger partial charge in [-0.25, -0.2) is 5.43 Å². The van der Waals surface area contributed by atoms with Gasteiger partial charge >= 0.3 is 0 Å². The third-order valence-electron chi connectivity index (χ3n) is 4.49. The van der Waals surface area contributed by atoms with Crippen LogP contribution in [0.2, 0.25) is 0 Å². The summed E-state index contributed by atoms with van der Waals surface area (Å²) in [5, 5.41) is 25.7. The van der Waals surface area contributed by atoms with E-state index in [2.05, 4.69) is 10.5 Å². The maximum Gasteiger partial charge on any atom is 0.271 e. The standard InChI is InChI=1S/C20H18N4O5/c1-3-23-16-7-5-4-6-15(16)18(25)17(20(23)27)12(2)21-22-19(26)13-8-10-14(11-9-13)24(28)29/h4-11,25H,3H2,1-2H3,(H,22,26)/b21-12+. The highest BCUT2D eigenvalue weighted by Gasteiger charge is 2.18. The summed E-state index contributed by atoms with van der Waals surface area (Å²) in [7, 11) is 0. The molecule has 3 aromatic rings. The first kappa shape index (κ1) is 19.7. The second-order valence-corrected chi connectivity index (χ2v) is 6.23. The van der Waals surface area contributed by atoms with Crippen LogP contribution >= 0.6 is 0 Å². The molecule has 1 heterocycles. The summed E-state index contributed by atoms with van der Waals surface area (Å²) in [4.78, 5) is 35.2. The molecule has 0 saturated carbocycles. The molecule has 9 nitrogen and oxygen atoms in total. The molecule has 0 radical (unpaired) electrons. The van der Waals surface area contributed by atoms with E-state index in [1.54, 1.807) is 24.3 Å². The maximum atomic E-state index is 12.8. The lowest BCUT2D eigenvalue weighted by Gasteiger charge is -2.13. The summed E-state index contributed by atoms with van der Waals surface area (Å²) in [5.41, 5.74) is 2.65. The molecule has 29 heavy (non-hydrogen) atoms. The first-order valence-corrected chi connectivity index (χ1v) is 8.79. The Labute approximate surface area is 165 Å². The van der Waals surface area contributed by atoms with E-state index in [0.29, 0.717) is 17.4 Å². The molecule has 0 atom stereocenters. The molecular formula is C20H18N4O5. The Kier molecular flexibility index (Phi) is 5.40. The maximum absolute atomic E-state index is 12.8. The number of carbonyl (C=O) groups is 1. The quantitative estimate of drug-likeness (QED) is 0.391. The van der Waals surface area contributed by atoms with Gasteiger partial charge in [0.05, 0.1) is 16.2 Å². The van der Waals surface area contributed by atoms with Crippen LogP contribution in [0.5, 0.6) is 5.75 Å². The lowest BCUT2D eigenvalue weighted by atomic mass is 10.1. The summed E-state index contributed by atoms with van der Waals surface area (Å²) < 4.78 is 1.52. The van der Waals surface area contributed by atoms with Crippen LogP contribution in [-0.4, -0.2) is 26.2 Å². The molecule has 1 aromatic heterocycles. The van der Waals surface area contributed by atoms with Crippen LogP contribution in [0.3, 0.4) is 0 Å². The van der Waals surface area contributed by atoms with Crippen LogP contribution in [0.25, 0.3) is 10.9 Å². The number of non-ortho nitro benzene ring substituents is 1. The van der Waals surface area contributed by atoms with Gasteiger partial charge in [-0.15, -0.1) is 0 Å². The molecule has 3 rings (SSSR count). The molecule has 2 aromatic carbocycles. The highest BCUT2D eigenvalue weighted by Crippen LogP contribution is 2.26. The SMILES string of the molecule is CCn1c(=O)c(/C(C)=N/NC(=O)c2ccc([N+](=O)[O-])cc2)c(O)c2ccccc21. The highest BCUT2D eigenvalue weighted by atomic mass is 16.6. The van der Waals surface area contributed by atoms with Crippen LogP contribution in [-0.2, 0) is 6.54 Å². The van der Waals surface area contributed by atoms with Crippen molar-refractivity contribution in [1.82, 2.24) is 9.99 Å². The van der Waals surface area contributed by atoms with E-state index >= 15 is 0 Å². The van der Waals surface area contributed by atoms with Crippen molar-refractivity contribution in [2.24, 2.45) is 5.10 Å². The number of aromatic nitrogens is 1. The van der Waals surface area contributed by atoms with Gasteiger partial charge < -0.3 is 9.67 Å². The number of hydrogen-bond acceptors (Lipinski definition) is 6. The van der Waals surface area contributed by atoms with Crippen LogP contribution in [0.1, 0.15) is 29.8 Å². The summed E-state index contributed by atoms with van der Waals surface area (Å²) in [6.07, 6.45) is 0. The van der Waals surface area contributed by atoms with Gasteiger partial charge in [-0.2, -0.15) is 5.10 Å². The first-order chi connectivity index (χ1) is 13.8.